The summed E-state index contributed by atoms with van der Waals surface area (Å²) in [5.41, 5.74) is 0. The summed E-state index contributed by atoms with van der Waals surface area (Å²) < 4.78 is 0. The van der Waals surface area contributed by atoms with Crippen LogP contribution in [0.4, 0.5) is 0 Å². The molecule has 0 aromatic rings. The van der Waals surface area contributed by atoms with Crippen LogP contribution >= 0.6 is 0 Å². The normalized spacial score (nSPS) is 13.7. The van der Waals surface area contributed by atoms with E-state index in [-0.39, 0.29) is 6.10 Å². The molecule has 0 heterocycles. The van der Waals surface area contributed by atoms with Crippen molar-refractivity contribution in [1.29, 1.82) is 0 Å². The lowest BCUT2D eigenvalue weighted by atomic mass is 10.2. The molecule has 0 saturated carbocycles. The van der Waals surface area contributed by atoms with Crippen molar-refractivity contribution in [1.82, 2.24) is 5.32 Å². The van der Waals surface area contributed by atoms with Crippen LogP contribution in [0.5, 0.6) is 0 Å². The molecule has 0 amide bonds. The second-order valence-electron chi connectivity index (χ2n) is 2.15. The zero-order chi connectivity index (χ0) is 7.11. The molecule has 0 saturated heterocycles. The van der Waals surface area contributed by atoms with Crippen molar-refractivity contribution in [2.45, 2.75) is 25.9 Å². The number of rotatable bonds is 5. The molecule has 55 valence electrons. The summed E-state index contributed by atoms with van der Waals surface area (Å²) in [5, 5.41) is 12.1. The van der Waals surface area contributed by atoms with Crippen molar-refractivity contribution < 1.29 is 5.11 Å². The average Bonchev–Trinajstić information content (AvgIpc) is 1.85. The average molecular weight is 130 g/mol. The lowest BCUT2D eigenvalue weighted by Gasteiger charge is -2.07. The molecule has 1 unspecified atom stereocenters. The van der Waals surface area contributed by atoms with E-state index >= 15 is 0 Å². The molecule has 1 radical (unpaired) electrons. The number of aliphatic hydroxyl groups excluding tert-OH is 1. The Hall–Kier alpha value is -0.0800. The van der Waals surface area contributed by atoms with Crippen LogP contribution in [-0.4, -0.2) is 24.3 Å². The predicted molar refractivity (Wildman–Crippen MR) is 39.1 cm³/mol. The summed E-state index contributed by atoms with van der Waals surface area (Å²) in [5.74, 6) is 0. The van der Waals surface area contributed by atoms with Gasteiger partial charge in [-0.1, -0.05) is 13.3 Å². The minimum atomic E-state index is -0.184. The van der Waals surface area contributed by atoms with E-state index in [9.17, 15) is 0 Å². The maximum absolute atomic E-state index is 9.09. The second-order valence-corrected chi connectivity index (χ2v) is 2.15. The van der Waals surface area contributed by atoms with Crippen molar-refractivity contribution in [3.8, 4) is 0 Å². The molecule has 0 aliphatic rings. The Labute approximate surface area is 57.3 Å². The van der Waals surface area contributed by atoms with Crippen molar-refractivity contribution in [3.05, 3.63) is 6.92 Å². The van der Waals surface area contributed by atoms with Gasteiger partial charge >= 0.3 is 0 Å². The van der Waals surface area contributed by atoms with Crippen molar-refractivity contribution >= 4 is 0 Å². The highest BCUT2D eigenvalue weighted by Gasteiger charge is 1.98. The molecule has 2 N–H and O–H groups in total. The molecule has 0 aromatic heterocycles. The van der Waals surface area contributed by atoms with Crippen LogP contribution in [0.3, 0.4) is 0 Å². The smallest absolute Gasteiger partial charge is 0.0664 e. The maximum Gasteiger partial charge on any atom is 0.0664 e. The number of hydrogen-bond acceptors (Lipinski definition) is 2. The zero-order valence-corrected chi connectivity index (χ0v) is 6.06. The van der Waals surface area contributed by atoms with Crippen LogP contribution in [-0.2, 0) is 0 Å². The minimum absolute atomic E-state index is 0.184. The number of aliphatic hydroxyl groups is 1. The first-order valence-corrected chi connectivity index (χ1v) is 3.49. The van der Waals surface area contributed by atoms with Crippen LogP contribution in [0.15, 0.2) is 0 Å². The fourth-order valence-electron chi connectivity index (χ4n) is 0.704. The van der Waals surface area contributed by atoms with E-state index in [2.05, 4.69) is 19.2 Å². The van der Waals surface area contributed by atoms with Crippen LogP contribution in [0, 0.1) is 6.92 Å². The van der Waals surface area contributed by atoms with Gasteiger partial charge in [0, 0.05) is 6.54 Å². The molecule has 1 atom stereocenters. The molecule has 0 fully saturated rings. The van der Waals surface area contributed by atoms with Gasteiger partial charge in [-0.2, -0.15) is 0 Å². The molecule has 0 aliphatic carbocycles. The lowest BCUT2D eigenvalue weighted by molar-refractivity contribution is 0.162. The molecule has 2 heteroatoms. The van der Waals surface area contributed by atoms with Gasteiger partial charge in [0.15, 0.2) is 0 Å². The molecule has 0 rings (SSSR count). The Kier molecular flexibility index (Phi) is 5.99. The quantitative estimate of drug-likeness (QED) is 0.570. The molecule has 9 heavy (non-hydrogen) atoms. The molecular formula is C7H16NO. The van der Waals surface area contributed by atoms with Crippen LogP contribution in [0.2, 0.25) is 0 Å². The van der Waals surface area contributed by atoms with Crippen molar-refractivity contribution in [3.63, 3.8) is 0 Å². The SMILES string of the molecule is [CH2]CNCC(O)CCC. The van der Waals surface area contributed by atoms with E-state index in [1.54, 1.807) is 0 Å². The third-order valence-corrected chi connectivity index (χ3v) is 1.18. The van der Waals surface area contributed by atoms with Gasteiger partial charge in [0.2, 0.25) is 0 Å². The zero-order valence-electron chi connectivity index (χ0n) is 6.06. The second kappa shape index (κ2) is 6.05. The summed E-state index contributed by atoms with van der Waals surface area (Å²) in [4.78, 5) is 0. The van der Waals surface area contributed by atoms with Gasteiger partial charge in [-0.05, 0) is 19.9 Å². The number of nitrogens with one attached hydrogen (secondary N) is 1. The molecule has 0 aromatic carbocycles. The standard InChI is InChI=1S/C7H16NO/c1-3-5-7(9)6-8-4-2/h7-9H,2-6H2,1H3. The largest absolute Gasteiger partial charge is 0.392 e. The topological polar surface area (TPSA) is 32.3 Å². The highest BCUT2D eigenvalue weighted by molar-refractivity contribution is 4.58. The highest BCUT2D eigenvalue weighted by atomic mass is 16.3. The maximum atomic E-state index is 9.09. The van der Waals surface area contributed by atoms with Gasteiger partial charge in [-0.3, -0.25) is 0 Å². The van der Waals surface area contributed by atoms with Gasteiger partial charge in [-0.25, -0.2) is 0 Å². The fourth-order valence-corrected chi connectivity index (χ4v) is 0.704. The van der Waals surface area contributed by atoms with Crippen LogP contribution in [0.25, 0.3) is 0 Å². The first kappa shape index (κ1) is 8.92. The Morgan fingerprint density at radius 2 is 2.33 bits per heavy atom. The summed E-state index contributed by atoms with van der Waals surface area (Å²) in [7, 11) is 0. The molecular weight excluding hydrogens is 114 g/mol. The van der Waals surface area contributed by atoms with E-state index in [1.165, 1.54) is 0 Å². The van der Waals surface area contributed by atoms with E-state index in [4.69, 9.17) is 5.11 Å². The Morgan fingerprint density at radius 1 is 1.67 bits per heavy atom. The van der Waals surface area contributed by atoms with Gasteiger partial charge < -0.3 is 10.4 Å². The first-order valence-electron chi connectivity index (χ1n) is 3.49. The predicted octanol–water partition coefficient (Wildman–Crippen LogP) is 0.571. The lowest BCUT2D eigenvalue weighted by Crippen LogP contribution is -2.26. The van der Waals surface area contributed by atoms with Gasteiger partial charge in [0.1, 0.15) is 0 Å². The summed E-state index contributed by atoms with van der Waals surface area (Å²) in [6, 6.07) is 0. The van der Waals surface area contributed by atoms with Crippen LogP contribution < -0.4 is 5.32 Å². The molecule has 0 bridgehead atoms. The summed E-state index contributed by atoms with van der Waals surface area (Å²) in [6.07, 6.45) is 1.74. The summed E-state index contributed by atoms with van der Waals surface area (Å²) in [6.45, 7) is 7.03. The van der Waals surface area contributed by atoms with E-state index in [0.717, 1.165) is 12.8 Å². The Morgan fingerprint density at radius 3 is 2.78 bits per heavy atom. The molecule has 2 nitrogen and oxygen atoms in total. The van der Waals surface area contributed by atoms with Crippen molar-refractivity contribution in [2.75, 3.05) is 13.1 Å². The minimum Gasteiger partial charge on any atom is -0.392 e. The molecule has 0 spiro atoms. The fraction of sp³-hybridized carbons (Fsp3) is 0.857. The first-order chi connectivity index (χ1) is 4.31. The van der Waals surface area contributed by atoms with Crippen LogP contribution in [0.1, 0.15) is 19.8 Å². The van der Waals surface area contributed by atoms with Gasteiger partial charge in [0.25, 0.3) is 0 Å². The number of hydrogen-bond donors (Lipinski definition) is 2. The third-order valence-electron chi connectivity index (χ3n) is 1.18. The Bertz CT molecular complexity index is 56.9. The highest BCUT2D eigenvalue weighted by Crippen LogP contribution is 1.92. The Balaban J connectivity index is 2.95. The van der Waals surface area contributed by atoms with Gasteiger partial charge in [-0.15, -0.1) is 0 Å². The van der Waals surface area contributed by atoms with Gasteiger partial charge in [0.05, 0.1) is 6.10 Å². The van der Waals surface area contributed by atoms with E-state index < -0.39 is 0 Å². The monoisotopic (exact) mass is 130 g/mol. The van der Waals surface area contributed by atoms with E-state index in [1.807, 2.05) is 0 Å². The van der Waals surface area contributed by atoms with Crippen molar-refractivity contribution in [2.24, 2.45) is 0 Å². The third kappa shape index (κ3) is 5.80. The molecule has 0 aliphatic heterocycles. The van der Waals surface area contributed by atoms with E-state index in [0.29, 0.717) is 13.1 Å². The summed E-state index contributed by atoms with van der Waals surface area (Å²) >= 11 is 0.